The number of carboxylic acid groups (broad SMARTS) is 1. The molecule has 1 aromatic carbocycles. The second kappa shape index (κ2) is 5.12. The molecule has 1 aliphatic rings. The Morgan fingerprint density at radius 3 is 2.20 bits per heavy atom. The number of carboxylic acids is 1. The zero-order valence-corrected chi connectivity index (χ0v) is 11.6. The Balaban J connectivity index is 2.45. The minimum atomic E-state index is -4.00. The predicted molar refractivity (Wildman–Crippen MR) is 67.2 cm³/mol. The molecule has 1 aromatic rings. The van der Waals surface area contributed by atoms with E-state index in [1.54, 1.807) is 0 Å². The Morgan fingerprint density at radius 1 is 1.35 bits per heavy atom. The van der Waals surface area contributed by atoms with Crippen LogP contribution in [0.1, 0.15) is 30.7 Å². The third-order valence-corrected chi connectivity index (χ3v) is 4.54. The summed E-state index contributed by atoms with van der Waals surface area (Å²) in [6.45, 7) is 0. The maximum Gasteiger partial charge on any atom is 0.303 e. The van der Waals surface area contributed by atoms with Gasteiger partial charge in [-0.25, -0.2) is 17.2 Å². The van der Waals surface area contributed by atoms with Crippen molar-refractivity contribution in [1.82, 2.24) is 0 Å². The third-order valence-electron chi connectivity index (χ3n) is 3.41. The molecule has 20 heavy (non-hydrogen) atoms. The lowest BCUT2D eigenvalue weighted by Gasteiger charge is -2.16. The highest BCUT2D eigenvalue weighted by Gasteiger charge is 2.35. The molecule has 2 rings (SSSR count). The molecule has 0 aromatic heterocycles. The zero-order chi connectivity index (χ0) is 15.1. The maximum absolute atomic E-state index is 13.8. The summed E-state index contributed by atoms with van der Waals surface area (Å²) in [5.41, 5.74) is 0.206. The van der Waals surface area contributed by atoms with Gasteiger partial charge in [0.25, 0.3) is 0 Å². The molecule has 1 aliphatic carbocycles. The summed E-state index contributed by atoms with van der Waals surface area (Å²) >= 11 is 0. The Bertz CT molecular complexity index is 627. The van der Waals surface area contributed by atoms with Gasteiger partial charge in [0.1, 0.15) is 16.5 Å². The van der Waals surface area contributed by atoms with Crippen molar-refractivity contribution in [2.45, 2.75) is 30.1 Å². The molecule has 1 N–H and O–H groups in total. The monoisotopic (exact) mass is 304 g/mol. The lowest BCUT2D eigenvalue weighted by Crippen LogP contribution is -2.11. The lowest BCUT2D eigenvalue weighted by atomic mass is 9.91. The van der Waals surface area contributed by atoms with E-state index in [0.29, 0.717) is 0 Å². The topological polar surface area (TPSA) is 71.4 Å². The third kappa shape index (κ3) is 3.15. The molecule has 0 radical (unpaired) electrons. The normalized spacial score (nSPS) is 16.9. The number of rotatable bonds is 5. The minimum absolute atomic E-state index is 0.0917. The summed E-state index contributed by atoms with van der Waals surface area (Å²) in [7, 11) is -4.00. The molecule has 0 spiro atoms. The first kappa shape index (κ1) is 14.9. The van der Waals surface area contributed by atoms with Gasteiger partial charge >= 0.3 is 5.97 Å². The van der Waals surface area contributed by atoms with Crippen molar-refractivity contribution in [2.24, 2.45) is 5.92 Å². The van der Waals surface area contributed by atoms with E-state index < -0.39 is 38.3 Å². The smallest absolute Gasteiger partial charge is 0.303 e. The average molecular weight is 304 g/mol. The van der Waals surface area contributed by atoms with Crippen molar-refractivity contribution in [2.75, 3.05) is 6.26 Å². The van der Waals surface area contributed by atoms with E-state index in [1.807, 2.05) is 0 Å². The molecule has 0 heterocycles. The van der Waals surface area contributed by atoms with E-state index in [-0.39, 0.29) is 17.9 Å². The zero-order valence-electron chi connectivity index (χ0n) is 10.8. The molecule has 0 amide bonds. The van der Waals surface area contributed by atoms with Crippen molar-refractivity contribution in [3.05, 3.63) is 29.3 Å². The Morgan fingerprint density at radius 2 is 1.85 bits per heavy atom. The average Bonchev–Trinajstić information content (AvgIpc) is 3.05. The molecule has 1 fully saturated rings. The number of benzene rings is 1. The number of sulfone groups is 1. The number of carbonyl (C=O) groups is 1. The van der Waals surface area contributed by atoms with Gasteiger partial charge in [-0.2, -0.15) is 0 Å². The molecular formula is C13H14F2O4S. The van der Waals surface area contributed by atoms with Gasteiger partial charge in [-0.15, -0.1) is 0 Å². The maximum atomic E-state index is 13.8. The molecule has 1 atom stereocenters. The van der Waals surface area contributed by atoms with E-state index in [2.05, 4.69) is 0 Å². The molecule has 4 nitrogen and oxygen atoms in total. The van der Waals surface area contributed by atoms with E-state index in [4.69, 9.17) is 5.11 Å². The van der Waals surface area contributed by atoms with Crippen LogP contribution >= 0.6 is 0 Å². The number of hydrogen-bond acceptors (Lipinski definition) is 3. The van der Waals surface area contributed by atoms with Crippen LogP contribution in [0.4, 0.5) is 8.78 Å². The highest BCUT2D eigenvalue weighted by molar-refractivity contribution is 7.90. The van der Waals surface area contributed by atoms with Crippen LogP contribution in [0, 0.1) is 17.6 Å². The van der Waals surface area contributed by atoms with E-state index in [9.17, 15) is 22.0 Å². The van der Waals surface area contributed by atoms with Crippen LogP contribution < -0.4 is 0 Å². The van der Waals surface area contributed by atoms with Gasteiger partial charge in [-0.1, -0.05) is 0 Å². The molecular weight excluding hydrogens is 290 g/mol. The van der Waals surface area contributed by atoms with Gasteiger partial charge in [0, 0.05) is 6.26 Å². The quantitative estimate of drug-likeness (QED) is 0.906. The fourth-order valence-corrected chi connectivity index (χ4v) is 3.22. The van der Waals surface area contributed by atoms with Crippen LogP contribution in [0.5, 0.6) is 0 Å². The summed E-state index contributed by atoms with van der Waals surface area (Å²) in [5.74, 6) is -3.77. The van der Waals surface area contributed by atoms with Crippen LogP contribution in [-0.2, 0) is 14.6 Å². The van der Waals surface area contributed by atoms with Crippen molar-refractivity contribution in [3.8, 4) is 0 Å². The Hall–Kier alpha value is -1.50. The van der Waals surface area contributed by atoms with Crippen molar-refractivity contribution < 1.29 is 27.1 Å². The first-order valence-corrected chi connectivity index (χ1v) is 8.00. The number of hydrogen-bond donors (Lipinski definition) is 1. The van der Waals surface area contributed by atoms with Gasteiger partial charge in [0.15, 0.2) is 9.84 Å². The van der Waals surface area contributed by atoms with E-state index in [1.165, 1.54) is 0 Å². The van der Waals surface area contributed by atoms with Crippen LogP contribution in [0.2, 0.25) is 0 Å². The van der Waals surface area contributed by atoms with Crippen molar-refractivity contribution in [1.29, 1.82) is 0 Å². The molecule has 0 aliphatic heterocycles. The van der Waals surface area contributed by atoms with Gasteiger partial charge < -0.3 is 5.11 Å². The largest absolute Gasteiger partial charge is 0.481 e. The number of halogens is 2. The number of aliphatic carboxylic acids is 1. The van der Waals surface area contributed by atoms with Crippen molar-refractivity contribution in [3.63, 3.8) is 0 Å². The summed E-state index contributed by atoms with van der Waals surface area (Å²) in [6.07, 6.45) is 2.13. The fourth-order valence-electron chi connectivity index (χ4n) is 2.39. The van der Waals surface area contributed by atoms with Gasteiger partial charge in [-0.3, -0.25) is 4.79 Å². The van der Waals surface area contributed by atoms with Crippen LogP contribution in [0.15, 0.2) is 17.0 Å². The first-order chi connectivity index (χ1) is 9.20. The minimum Gasteiger partial charge on any atom is -0.481 e. The highest BCUT2D eigenvalue weighted by Crippen LogP contribution is 2.45. The SMILES string of the molecule is CS(=O)(=O)c1c(F)cc(C(CC(=O)O)C2CC2)cc1F. The van der Waals surface area contributed by atoms with Crippen molar-refractivity contribution >= 4 is 15.8 Å². The highest BCUT2D eigenvalue weighted by atomic mass is 32.2. The molecule has 1 unspecified atom stereocenters. The van der Waals surface area contributed by atoms with Crippen LogP contribution in [0.3, 0.4) is 0 Å². The summed E-state index contributed by atoms with van der Waals surface area (Å²) in [4.78, 5) is 9.86. The molecule has 7 heteroatoms. The lowest BCUT2D eigenvalue weighted by molar-refractivity contribution is -0.137. The Kier molecular flexibility index (Phi) is 3.82. The van der Waals surface area contributed by atoms with Gasteiger partial charge in [0.05, 0.1) is 6.42 Å². The van der Waals surface area contributed by atoms with Crippen LogP contribution in [0.25, 0.3) is 0 Å². The predicted octanol–water partition coefficient (Wildman–Crippen LogP) is 2.34. The Labute approximate surface area is 115 Å². The van der Waals surface area contributed by atoms with E-state index >= 15 is 0 Å². The summed E-state index contributed by atoms with van der Waals surface area (Å²) in [5, 5.41) is 8.86. The summed E-state index contributed by atoms with van der Waals surface area (Å²) in [6, 6.07) is 1.87. The fraction of sp³-hybridized carbons (Fsp3) is 0.462. The van der Waals surface area contributed by atoms with E-state index in [0.717, 1.165) is 31.2 Å². The van der Waals surface area contributed by atoms with Gasteiger partial charge in [-0.05, 0) is 42.4 Å². The first-order valence-electron chi connectivity index (χ1n) is 6.11. The standard InChI is InChI=1S/C13H14F2O4S/c1-20(18,19)13-10(14)4-8(5-11(13)15)9(6-12(16)17)7-2-3-7/h4-5,7,9H,2-3,6H2,1H3,(H,16,17). The van der Waals surface area contributed by atoms with Gasteiger partial charge in [0.2, 0.25) is 0 Å². The summed E-state index contributed by atoms with van der Waals surface area (Å²) < 4.78 is 50.3. The molecule has 1 saturated carbocycles. The van der Waals surface area contributed by atoms with Crippen LogP contribution in [-0.4, -0.2) is 25.7 Å². The second-order valence-electron chi connectivity index (χ2n) is 5.13. The molecule has 0 saturated heterocycles. The second-order valence-corrected chi connectivity index (χ2v) is 7.08. The molecule has 110 valence electrons. The molecule has 0 bridgehead atoms.